The predicted molar refractivity (Wildman–Crippen MR) is 136 cm³/mol. The quantitative estimate of drug-likeness (QED) is 0.376. The number of carbonyl (C=O) groups is 1. The zero-order valence-corrected chi connectivity index (χ0v) is 20.9. The summed E-state index contributed by atoms with van der Waals surface area (Å²) in [5.74, 6) is 0.273. The van der Waals surface area contributed by atoms with E-state index in [4.69, 9.17) is 16.3 Å². The number of ether oxygens (including phenoxy) is 1. The largest absolute Gasteiger partial charge is 0.492 e. The van der Waals surface area contributed by atoms with Crippen molar-refractivity contribution in [1.29, 1.82) is 0 Å². The lowest BCUT2D eigenvalue weighted by molar-refractivity contribution is -0.119. The fourth-order valence-electron chi connectivity index (χ4n) is 3.36. The predicted octanol–water partition coefficient (Wildman–Crippen LogP) is 4.99. The molecule has 1 N–H and O–H groups in total. The van der Waals surface area contributed by atoms with Crippen LogP contribution >= 0.6 is 11.6 Å². The number of hydrogen-bond acceptors (Lipinski definition) is 4. The SMILES string of the molecule is CCCc1ccc(OCCNC(=O)CN(c2ccc(C)c(Cl)c2)S(=O)(=O)c2ccccc2)cc1. The second kappa shape index (κ2) is 11.9. The summed E-state index contributed by atoms with van der Waals surface area (Å²) in [7, 11) is -3.98. The Morgan fingerprint density at radius 2 is 1.74 bits per heavy atom. The fraction of sp³-hybridized carbons (Fsp3) is 0.269. The average molecular weight is 501 g/mol. The van der Waals surface area contributed by atoms with Crippen molar-refractivity contribution in [2.75, 3.05) is 24.0 Å². The smallest absolute Gasteiger partial charge is 0.264 e. The van der Waals surface area contributed by atoms with E-state index in [-0.39, 0.29) is 24.6 Å². The minimum atomic E-state index is -3.98. The summed E-state index contributed by atoms with van der Waals surface area (Å²) in [6.07, 6.45) is 2.10. The first kappa shape index (κ1) is 25.6. The second-order valence-electron chi connectivity index (χ2n) is 7.85. The molecule has 8 heteroatoms. The van der Waals surface area contributed by atoms with E-state index in [9.17, 15) is 13.2 Å². The second-order valence-corrected chi connectivity index (χ2v) is 10.1. The molecule has 0 bridgehead atoms. The molecular weight excluding hydrogens is 472 g/mol. The summed E-state index contributed by atoms with van der Waals surface area (Å²) in [6.45, 7) is 4.07. The Kier molecular flexibility index (Phi) is 8.96. The van der Waals surface area contributed by atoms with Crippen molar-refractivity contribution in [1.82, 2.24) is 5.32 Å². The number of hydrogen-bond donors (Lipinski definition) is 1. The van der Waals surface area contributed by atoms with E-state index in [0.717, 1.165) is 28.5 Å². The number of amides is 1. The number of aryl methyl sites for hydroxylation is 2. The third-order valence-corrected chi connectivity index (χ3v) is 7.41. The third-order valence-electron chi connectivity index (χ3n) is 5.22. The lowest BCUT2D eigenvalue weighted by Gasteiger charge is -2.24. The van der Waals surface area contributed by atoms with E-state index in [1.54, 1.807) is 36.4 Å². The first-order chi connectivity index (χ1) is 16.3. The van der Waals surface area contributed by atoms with Gasteiger partial charge >= 0.3 is 0 Å². The topological polar surface area (TPSA) is 75.7 Å². The van der Waals surface area contributed by atoms with Gasteiger partial charge in [-0.2, -0.15) is 0 Å². The molecule has 3 aromatic carbocycles. The van der Waals surface area contributed by atoms with Gasteiger partial charge in [0.1, 0.15) is 18.9 Å². The van der Waals surface area contributed by atoms with Crippen LogP contribution in [0, 0.1) is 6.92 Å². The van der Waals surface area contributed by atoms with Gasteiger partial charge < -0.3 is 10.1 Å². The first-order valence-corrected chi connectivity index (χ1v) is 13.0. The van der Waals surface area contributed by atoms with Gasteiger partial charge in [0, 0.05) is 5.02 Å². The Hall–Kier alpha value is -3.03. The molecular formula is C26H29ClN2O4S. The van der Waals surface area contributed by atoms with E-state index in [2.05, 4.69) is 12.2 Å². The maximum atomic E-state index is 13.3. The molecule has 180 valence electrons. The van der Waals surface area contributed by atoms with Crippen LogP contribution in [-0.2, 0) is 21.2 Å². The van der Waals surface area contributed by atoms with E-state index in [0.29, 0.717) is 10.7 Å². The summed E-state index contributed by atoms with van der Waals surface area (Å²) in [4.78, 5) is 12.8. The minimum Gasteiger partial charge on any atom is -0.492 e. The molecule has 0 fully saturated rings. The summed E-state index contributed by atoms with van der Waals surface area (Å²) in [5.41, 5.74) is 2.38. The van der Waals surface area contributed by atoms with Crippen LogP contribution in [0.5, 0.6) is 5.75 Å². The minimum absolute atomic E-state index is 0.0920. The highest BCUT2D eigenvalue weighted by molar-refractivity contribution is 7.92. The number of nitrogens with one attached hydrogen (secondary N) is 1. The standard InChI is InChI=1S/C26H29ClN2O4S/c1-3-7-21-11-14-23(15-12-21)33-17-16-28-26(30)19-29(22-13-10-20(2)25(27)18-22)34(31,32)24-8-5-4-6-9-24/h4-6,8-15,18H,3,7,16-17,19H2,1-2H3,(H,28,30). The van der Waals surface area contributed by atoms with Gasteiger partial charge in [-0.1, -0.05) is 61.3 Å². The molecule has 0 radical (unpaired) electrons. The van der Waals surface area contributed by atoms with Crippen LogP contribution in [0.2, 0.25) is 5.02 Å². The third kappa shape index (κ3) is 6.74. The monoisotopic (exact) mass is 500 g/mol. The van der Waals surface area contributed by atoms with E-state index in [1.807, 2.05) is 31.2 Å². The Balaban J connectivity index is 1.66. The van der Waals surface area contributed by atoms with Crippen molar-refractivity contribution < 1.29 is 17.9 Å². The number of anilines is 1. The van der Waals surface area contributed by atoms with Gasteiger partial charge in [-0.25, -0.2) is 8.42 Å². The molecule has 0 heterocycles. The maximum Gasteiger partial charge on any atom is 0.264 e. The molecule has 0 saturated carbocycles. The highest BCUT2D eigenvalue weighted by Crippen LogP contribution is 2.27. The van der Waals surface area contributed by atoms with Crippen molar-refractivity contribution in [3.8, 4) is 5.75 Å². The van der Waals surface area contributed by atoms with E-state index >= 15 is 0 Å². The highest BCUT2D eigenvalue weighted by Gasteiger charge is 2.27. The van der Waals surface area contributed by atoms with Crippen molar-refractivity contribution in [3.63, 3.8) is 0 Å². The van der Waals surface area contributed by atoms with Crippen molar-refractivity contribution in [2.45, 2.75) is 31.6 Å². The Bertz CT molecular complexity index is 1200. The normalized spacial score (nSPS) is 11.1. The molecule has 0 aliphatic rings. The number of nitrogens with zero attached hydrogens (tertiary/aromatic N) is 1. The molecule has 0 saturated heterocycles. The molecule has 0 aliphatic carbocycles. The van der Waals surface area contributed by atoms with Gasteiger partial charge in [0.2, 0.25) is 5.91 Å². The number of sulfonamides is 1. The summed E-state index contributed by atoms with van der Waals surface area (Å²) in [5, 5.41) is 3.15. The number of halogens is 1. The Morgan fingerprint density at radius 1 is 1.03 bits per heavy atom. The van der Waals surface area contributed by atoms with Crippen molar-refractivity contribution >= 4 is 33.2 Å². The van der Waals surface area contributed by atoms with Crippen LogP contribution in [-0.4, -0.2) is 34.0 Å². The number of rotatable bonds is 11. The molecule has 0 aromatic heterocycles. The molecule has 34 heavy (non-hydrogen) atoms. The van der Waals surface area contributed by atoms with Gasteiger partial charge in [0.05, 0.1) is 17.1 Å². The van der Waals surface area contributed by atoms with Crippen LogP contribution in [0.25, 0.3) is 0 Å². The average Bonchev–Trinajstić information content (AvgIpc) is 2.84. The number of benzene rings is 3. The Morgan fingerprint density at radius 3 is 2.38 bits per heavy atom. The molecule has 6 nitrogen and oxygen atoms in total. The van der Waals surface area contributed by atoms with Crippen LogP contribution in [0.3, 0.4) is 0 Å². The van der Waals surface area contributed by atoms with Crippen molar-refractivity contribution in [2.24, 2.45) is 0 Å². The number of carbonyl (C=O) groups excluding carboxylic acids is 1. The molecule has 0 aliphatic heterocycles. The molecule has 0 unspecified atom stereocenters. The molecule has 0 spiro atoms. The van der Waals surface area contributed by atoms with Crippen LogP contribution in [0.4, 0.5) is 5.69 Å². The van der Waals surface area contributed by atoms with Gasteiger partial charge in [-0.3, -0.25) is 9.10 Å². The summed E-state index contributed by atoms with van der Waals surface area (Å²) < 4.78 is 33.4. The molecule has 0 atom stereocenters. The highest BCUT2D eigenvalue weighted by atomic mass is 35.5. The fourth-order valence-corrected chi connectivity index (χ4v) is 4.97. The van der Waals surface area contributed by atoms with Gasteiger partial charge in [-0.15, -0.1) is 0 Å². The van der Waals surface area contributed by atoms with Crippen LogP contribution < -0.4 is 14.4 Å². The zero-order chi connectivity index (χ0) is 24.6. The Labute approximate surface area is 206 Å². The summed E-state index contributed by atoms with van der Waals surface area (Å²) >= 11 is 6.24. The lowest BCUT2D eigenvalue weighted by Crippen LogP contribution is -2.42. The van der Waals surface area contributed by atoms with Gasteiger partial charge in [-0.05, 0) is 60.9 Å². The summed E-state index contributed by atoms with van der Waals surface area (Å²) in [6, 6.07) is 20.8. The van der Waals surface area contributed by atoms with Crippen LogP contribution in [0.1, 0.15) is 24.5 Å². The van der Waals surface area contributed by atoms with Gasteiger partial charge in [0.25, 0.3) is 10.0 Å². The van der Waals surface area contributed by atoms with Gasteiger partial charge in [0.15, 0.2) is 0 Å². The van der Waals surface area contributed by atoms with Crippen LogP contribution in [0.15, 0.2) is 77.7 Å². The molecule has 1 amide bonds. The maximum absolute atomic E-state index is 13.3. The van der Waals surface area contributed by atoms with E-state index in [1.165, 1.54) is 17.7 Å². The molecule has 3 rings (SSSR count). The zero-order valence-electron chi connectivity index (χ0n) is 19.3. The lowest BCUT2D eigenvalue weighted by atomic mass is 10.1. The first-order valence-electron chi connectivity index (χ1n) is 11.1. The van der Waals surface area contributed by atoms with Crippen molar-refractivity contribution in [3.05, 3.63) is 88.9 Å². The van der Waals surface area contributed by atoms with E-state index < -0.39 is 15.9 Å². The molecule has 3 aromatic rings.